The van der Waals surface area contributed by atoms with Gasteiger partial charge in [0.25, 0.3) is 0 Å². The molecule has 0 aromatic rings. The van der Waals surface area contributed by atoms with Crippen molar-refractivity contribution in [1.82, 2.24) is 0 Å². The molecule has 20 heavy (non-hydrogen) atoms. The molecule has 0 spiro atoms. The van der Waals surface area contributed by atoms with Crippen LogP contribution in [0.2, 0.25) is 0 Å². The van der Waals surface area contributed by atoms with Crippen molar-refractivity contribution in [2.75, 3.05) is 0 Å². The standard InChI is InChI=1S/C17H25NO2/c1-13(2)4-5-14(3)6-11-17(19)20-16-9-7-15(12-18)8-10-16/h13-16H,4-5,7-10H2,1-3H3. The average Bonchev–Trinajstić information content (AvgIpc) is 2.43. The highest BCUT2D eigenvalue weighted by atomic mass is 16.5. The Morgan fingerprint density at radius 2 is 1.85 bits per heavy atom. The van der Waals surface area contributed by atoms with Gasteiger partial charge < -0.3 is 4.74 Å². The highest BCUT2D eigenvalue weighted by molar-refractivity contribution is 5.88. The van der Waals surface area contributed by atoms with E-state index < -0.39 is 5.97 Å². The third kappa shape index (κ3) is 6.62. The number of nitrogens with zero attached hydrogens (tertiary/aromatic N) is 1. The minimum atomic E-state index is -0.415. The van der Waals surface area contributed by atoms with Crippen molar-refractivity contribution in [2.45, 2.75) is 65.4 Å². The van der Waals surface area contributed by atoms with Crippen molar-refractivity contribution in [3.63, 3.8) is 0 Å². The predicted octanol–water partition coefficient (Wildman–Crippen LogP) is 3.69. The Morgan fingerprint density at radius 1 is 1.20 bits per heavy atom. The van der Waals surface area contributed by atoms with Gasteiger partial charge in [-0.3, -0.25) is 0 Å². The number of esters is 1. The Morgan fingerprint density at radius 3 is 2.40 bits per heavy atom. The summed E-state index contributed by atoms with van der Waals surface area (Å²) in [5.41, 5.74) is 0. The third-order valence-corrected chi connectivity index (χ3v) is 3.73. The van der Waals surface area contributed by atoms with Gasteiger partial charge in [-0.2, -0.15) is 5.26 Å². The lowest BCUT2D eigenvalue weighted by molar-refractivity contribution is -0.143. The van der Waals surface area contributed by atoms with Gasteiger partial charge in [0.15, 0.2) is 0 Å². The van der Waals surface area contributed by atoms with Crippen LogP contribution in [0.25, 0.3) is 0 Å². The molecule has 0 radical (unpaired) electrons. The van der Waals surface area contributed by atoms with Crippen molar-refractivity contribution in [3.8, 4) is 17.9 Å². The first-order chi connectivity index (χ1) is 9.51. The Hall–Kier alpha value is -1.48. The molecule has 0 heterocycles. The van der Waals surface area contributed by atoms with Gasteiger partial charge in [-0.1, -0.05) is 26.7 Å². The molecule has 0 aromatic carbocycles. The summed E-state index contributed by atoms with van der Waals surface area (Å²) in [6.45, 7) is 6.42. The van der Waals surface area contributed by atoms with E-state index in [9.17, 15) is 4.79 Å². The normalized spacial score (nSPS) is 23.4. The van der Waals surface area contributed by atoms with Gasteiger partial charge in [-0.15, -0.1) is 0 Å². The zero-order valence-corrected chi connectivity index (χ0v) is 12.8. The molecule has 3 nitrogen and oxygen atoms in total. The smallest absolute Gasteiger partial charge is 0.384 e. The lowest BCUT2D eigenvalue weighted by Crippen LogP contribution is -2.23. The van der Waals surface area contributed by atoms with Gasteiger partial charge >= 0.3 is 5.97 Å². The molecule has 1 atom stereocenters. The van der Waals surface area contributed by atoms with Crippen LogP contribution in [0.3, 0.4) is 0 Å². The van der Waals surface area contributed by atoms with E-state index in [0.29, 0.717) is 5.92 Å². The van der Waals surface area contributed by atoms with Crippen LogP contribution < -0.4 is 0 Å². The van der Waals surface area contributed by atoms with Crippen LogP contribution in [0.15, 0.2) is 0 Å². The molecule has 3 heteroatoms. The molecule has 0 bridgehead atoms. The van der Waals surface area contributed by atoms with E-state index >= 15 is 0 Å². The monoisotopic (exact) mass is 275 g/mol. The lowest BCUT2D eigenvalue weighted by Gasteiger charge is -2.23. The Labute approximate surface area is 122 Å². The second-order valence-corrected chi connectivity index (χ2v) is 6.15. The molecular formula is C17H25NO2. The number of ether oxygens (including phenoxy) is 1. The molecule has 1 unspecified atom stereocenters. The maximum Gasteiger partial charge on any atom is 0.384 e. The van der Waals surface area contributed by atoms with E-state index in [-0.39, 0.29) is 17.9 Å². The summed E-state index contributed by atoms with van der Waals surface area (Å²) < 4.78 is 5.34. The van der Waals surface area contributed by atoms with Crippen LogP contribution in [0.5, 0.6) is 0 Å². The summed E-state index contributed by atoms with van der Waals surface area (Å²) in [5, 5.41) is 8.81. The molecule has 1 aliphatic rings. The number of rotatable bonds is 4. The van der Waals surface area contributed by atoms with E-state index in [0.717, 1.165) is 38.5 Å². The van der Waals surface area contributed by atoms with Crippen molar-refractivity contribution in [2.24, 2.45) is 17.8 Å². The van der Waals surface area contributed by atoms with Gasteiger partial charge in [0.2, 0.25) is 0 Å². The number of hydrogen-bond acceptors (Lipinski definition) is 3. The van der Waals surface area contributed by atoms with Crippen LogP contribution in [-0.2, 0) is 9.53 Å². The zero-order valence-electron chi connectivity index (χ0n) is 12.8. The van der Waals surface area contributed by atoms with Crippen molar-refractivity contribution in [1.29, 1.82) is 5.26 Å². The SMILES string of the molecule is CC(C)CCC(C)C#CC(=O)OC1CCC(C#N)CC1. The van der Waals surface area contributed by atoms with Gasteiger partial charge in [0.05, 0.1) is 6.07 Å². The van der Waals surface area contributed by atoms with Crippen LogP contribution in [-0.4, -0.2) is 12.1 Å². The fourth-order valence-electron chi connectivity index (χ4n) is 2.33. The van der Waals surface area contributed by atoms with Gasteiger partial charge in [0.1, 0.15) is 6.10 Å². The molecule has 1 fully saturated rings. The topological polar surface area (TPSA) is 50.1 Å². The molecule has 0 saturated heterocycles. The average molecular weight is 275 g/mol. The fraction of sp³-hybridized carbons (Fsp3) is 0.765. The Bertz CT molecular complexity index is 403. The summed E-state index contributed by atoms with van der Waals surface area (Å²) in [5.74, 6) is 6.19. The molecule has 1 saturated carbocycles. The van der Waals surface area contributed by atoms with Crippen molar-refractivity contribution < 1.29 is 9.53 Å². The fourth-order valence-corrected chi connectivity index (χ4v) is 2.33. The summed E-state index contributed by atoms with van der Waals surface area (Å²) in [6, 6.07) is 2.27. The summed E-state index contributed by atoms with van der Waals surface area (Å²) >= 11 is 0. The predicted molar refractivity (Wildman–Crippen MR) is 78.5 cm³/mol. The maximum absolute atomic E-state index is 11.6. The van der Waals surface area contributed by atoms with Crippen LogP contribution in [0.4, 0.5) is 0 Å². The second kappa shape index (κ2) is 8.64. The lowest BCUT2D eigenvalue weighted by atomic mass is 9.88. The molecule has 0 aromatic heterocycles. The first-order valence-electron chi connectivity index (χ1n) is 7.63. The summed E-state index contributed by atoms with van der Waals surface area (Å²) in [7, 11) is 0. The number of hydrogen-bond donors (Lipinski definition) is 0. The molecule has 0 amide bonds. The van der Waals surface area contributed by atoms with E-state index in [1.165, 1.54) is 0 Å². The molecule has 1 aliphatic carbocycles. The van der Waals surface area contributed by atoms with E-state index in [4.69, 9.17) is 10.00 Å². The summed E-state index contributed by atoms with van der Waals surface area (Å²) in [6.07, 6.45) is 5.32. The minimum Gasteiger partial charge on any atom is -0.453 e. The first-order valence-corrected chi connectivity index (χ1v) is 7.63. The molecule has 0 aliphatic heterocycles. The largest absolute Gasteiger partial charge is 0.453 e. The molecule has 110 valence electrons. The van der Waals surface area contributed by atoms with E-state index in [1.54, 1.807) is 0 Å². The first kappa shape index (κ1) is 16.6. The molecule has 0 N–H and O–H groups in total. The van der Waals surface area contributed by atoms with E-state index in [2.05, 4.69) is 31.8 Å². The van der Waals surface area contributed by atoms with Crippen LogP contribution in [0, 0.1) is 40.9 Å². The highest BCUT2D eigenvalue weighted by Gasteiger charge is 2.23. The second-order valence-electron chi connectivity index (χ2n) is 6.15. The Kier molecular flexibility index (Phi) is 7.16. The zero-order chi connectivity index (χ0) is 15.0. The highest BCUT2D eigenvalue weighted by Crippen LogP contribution is 2.25. The molecule has 1 rings (SSSR count). The van der Waals surface area contributed by atoms with Crippen LogP contribution >= 0.6 is 0 Å². The van der Waals surface area contributed by atoms with Crippen LogP contribution in [0.1, 0.15) is 59.3 Å². The van der Waals surface area contributed by atoms with Crippen molar-refractivity contribution >= 4 is 5.97 Å². The quantitative estimate of drug-likeness (QED) is 0.446. The van der Waals surface area contributed by atoms with Gasteiger partial charge in [0, 0.05) is 17.8 Å². The van der Waals surface area contributed by atoms with Gasteiger partial charge in [-0.05, 0) is 44.4 Å². The molecular weight excluding hydrogens is 250 g/mol. The Balaban J connectivity index is 2.29. The number of nitriles is 1. The summed E-state index contributed by atoms with van der Waals surface area (Å²) in [4.78, 5) is 11.6. The van der Waals surface area contributed by atoms with Crippen molar-refractivity contribution in [3.05, 3.63) is 0 Å². The maximum atomic E-state index is 11.6. The van der Waals surface area contributed by atoms with E-state index in [1.807, 2.05) is 6.92 Å². The third-order valence-electron chi connectivity index (χ3n) is 3.73. The number of carbonyl (C=O) groups is 1. The number of carbonyl (C=O) groups excluding carboxylic acids is 1. The van der Waals surface area contributed by atoms with Gasteiger partial charge in [-0.25, -0.2) is 4.79 Å². The minimum absolute atomic E-state index is 0.0487.